The van der Waals surface area contributed by atoms with Crippen molar-refractivity contribution >= 4 is 34.8 Å². The molecule has 1 fully saturated rings. The number of rotatable bonds is 5. The summed E-state index contributed by atoms with van der Waals surface area (Å²) in [6.07, 6.45) is 2.21. The van der Waals surface area contributed by atoms with E-state index in [0.717, 1.165) is 24.9 Å². The highest BCUT2D eigenvalue weighted by Crippen LogP contribution is 2.35. The van der Waals surface area contributed by atoms with E-state index in [2.05, 4.69) is 5.32 Å². The van der Waals surface area contributed by atoms with Gasteiger partial charge in [-0.25, -0.2) is 0 Å². The summed E-state index contributed by atoms with van der Waals surface area (Å²) in [5.74, 6) is -0.0641. The lowest BCUT2D eigenvalue weighted by atomic mass is 10.0. The molecule has 4 nitrogen and oxygen atoms in total. The largest absolute Gasteiger partial charge is 0.351 e. The van der Waals surface area contributed by atoms with Crippen LogP contribution < -0.4 is 5.32 Å². The summed E-state index contributed by atoms with van der Waals surface area (Å²) in [6, 6.07) is 11.3. The summed E-state index contributed by atoms with van der Waals surface area (Å²) >= 11 is 7.68. The van der Waals surface area contributed by atoms with E-state index >= 15 is 0 Å². The summed E-state index contributed by atoms with van der Waals surface area (Å²) in [4.78, 5) is 27.0. The van der Waals surface area contributed by atoms with Crippen molar-refractivity contribution in [3.05, 3.63) is 57.2 Å². The fourth-order valence-electron chi connectivity index (χ4n) is 3.06. The Morgan fingerprint density at radius 1 is 1.25 bits per heavy atom. The summed E-state index contributed by atoms with van der Waals surface area (Å²) < 4.78 is 0. The lowest BCUT2D eigenvalue weighted by Crippen LogP contribution is -2.34. The SMILES string of the molecule is O=C(NCCC(=O)N1CCCC1c1ccccc1Cl)c1cccs1. The van der Waals surface area contributed by atoms with E-state index in [-0.39, 0.29) is 17.9 Å². The number of likely N-dealkylation sites (tertiary alicyclic amines) is 1. The molecule has 0 bridgehead atoms. The number of amides is 2. The van der Waals surface area contributed by atoms with Crippen LogP contribution in [0.2, 0.25) is 5.02 Å². The molecule has 1 aromatic carbocycles. The molecular weight excluding hydrogens is 344 g/mol. The fraction of sp³-hybridized carbons (Fsp3) is 0.333. The number of thiophene rings is 1. The number of nitrogens with zero attached hydrogens (tertiary/aromatic N) is 1. The van der Waals surface area contributed by atoms with Crippen LogP contribution in [0.25, 0.3) is 0 Å². The van der Waals surface area contributed by atoms with Gasteiger partial charge in [-0.1, -0.05) is 35.9 Å². The van der Waals surface area contributed by atoms with E-state index in [1.165, 1.54) is 11.3 Å². The van der Waals surface area contributed by atoms with Crippen LogP contribution in [0.3, 0.4) is 0 Å². The lowest BCUT2D eigenvalue weighted by Gasteiger charge is -2.26. The molecule has 2 aromatic rings. The molecular formula is C18H19ClN2O2S. The van der Waals surface area contributed by atoms with Crippen LogP contribution in [0.5, 0.6) is 0 Å². The van der Waals surface area contributed by atoms with Crippen molar-refractivity contribution in [1.82, 2.24) is 10.2 Å². The normalized spacial score (nSPS) is 17.0. The minimum absolute atomic E-state index is 0.0409. The monoisotopic (exact) mass is 362 g/mol. The smallest absolute Gasteiger partial charge is 0.261 e. The van der Waals surface area contributed by atoms with Crippen LogP contribution in [0.4, 0.5) is 0 Å². The van der Waals surface area contributed by atoms with Crippen LogP contribution in [-0.4, -0.2) is 29.8 Å². The van der Waals surface area contributed by atoms with Crippen molar-refractivity contribution in [1.29, 1.82) is 0 Å². The third kappa shape index (κ3) is 3.79. The van der Waals surface area contributed by atoms with Gasteiger partial charge in [0.05, 0.1) is 10.9 Å². The second kappa shape index (κ2) is 7.81. The zero-order valence-corrected chi connectivity index (χ0v) is 14.8. The molecule has 1 aromatic heterocycles. The minimum Gasteiger partial charge on any atom is -0.351 e. The minimum atomic E-state index is -0.123. The topological polar surface area (TPSA) is 49.4 Å². The van der Waals surface area contributed by atoms with Crippen molar-refractivity contribution < 1.29 is 9.59 Å². The Labute approximate surface area is 150 Å². The number of carbonyl (C=O) groups excluding carboxylic acids is 2. The van der Waals surface area contributed by atoms with Gasteiger partial charge in [0.2, 0.25) is 5.91 Å². The summed E-state index contributed by atoms with van der Waals surface area (Å²) in [5.41, 5.74) is 1.01. The van der Waals surface area contributed by atoms with E-state index in [9.17, 15) is 9.59 Å². The van der Waals surface area contributed by atoms with Crippen molar-refractivity contribution in [2.24, 2.45) is 0 Å². The van der Waals surface area contributed by atoms with Gasteiger partial charge < -0.3 is 10.2 Å². The molecule has 3 rings (SSSR count). The van der Waals surface area contributed by atoms with Crippen LogP contribution in [0.15, 0.2) is 41.8 Å². The van der Waals surface area contributed by atoms with Crippen molar-refractivity contribution in [3.63, 3.8) is 0 Å². The standard InChI is InChI=1S/C18H19ClN2O2S/c19-14-6-2-1-5-13(14)15-7-3-11-21(15)17(22)9-10-20-18(23)16-8-4-12-24-16/h1-2,4-6,8,12,15H,3,7,9-11H2,(H,20,23). The fourth-order valence-corrected chi connectivity index (χ4v) is 3.96. The second-order valence-electron chi connectivity index (χ2n) is 5.75. The highest BCUT2D eigenvalue weighted by atomic mass is 35.5. The van der Waals surface area contributed by atoms with E-state index in [4.69, 9.17) is 11.6 Å². The van der Waals surface area contributed by atoms with Gasteiger partial charge in [-0.05, 0) is 35.9 Å². The van der Waals surface area contributed by atoms with Gasteiger partial charge in [-0.3, -0.25) is 9.59 Å². The number of halogens is 1. The van der Waals surface area contributed by atoms with Gasteiger partial charge in [-0.2, -0.15) is 0 Å². The second-order valence-corrected chi connectivity index (χ2v) is 7.10. The van der Waals surface area contributed by atoms with Crippen molar-refractivity contribution in [2.75, 3.05) is 13.1 Å². The average Bonchev–Trinajstić information content (AvgIpc) is 3.27. The number of nitrogens with one attached hydrogen (secondary N) is 1. The Hall–Kier alpha value is -1.85. The first-order valence-electron chi connectivity index (χ1n) is 8.02. The van der Waals surface area contributed by atoms with E-state index < -0.39 is 0 Å². The van der Waals surface area contributed by atoms with Crippen molar-refractivity contribution in [2.45, 2.75) is 25.3 Å². The number of hydrogen-bond donors (Lipinski definition) is 1. The van der Waals surface area contributed by atoms with Crippen molar-refractivity contribution in [3.8, 4) is 0 Å². The van der Waals surface area contributed by atoms with Gasteiger partial charge >= 0.3 is 0 Å². The molecule has 1 atom stereocenters. The van der Waals surface area contributed by atoms with Gasteiger partial charge in [0.15, 0.2) is 0 Å². The molecule has 6 heteroatoms. The maximum atomic E-state index is 12.5. The molecule has 126 valence electrons. The average molecular weight is 363 g/mol. The maximum Gasteiger partial charge on any atom is 0.261 e. The third-order valence-corrected chi connectivity index (χ3v) is 5.42. The maximum absolute atomic E-state index is 12.5. The molecule has 1 aliphatic rings. The molecule has 1 N–H and O–H groups in total. The molecule has 2 amide bonds. The zero-order valence-electron chi connectivity index (χ0n) is 13.2. The summed E-state index contributed by atoms with van der Waals surface area (Å²) in [5, 5.41) is 5.36. The van der Waals surface area contributed by atoms with Gasteiger partial charge in [-0.15, -0.1) is 11.3 Å². The Morgan fingerprint density at radius 3 is 2.83 bits per heavy atom. The number of benzene rings is 1. The molecule has 0 saturated carbocycles. The molecule has 1 aliphatic heterocycles. The lowest BCUT2D eigenvalue weighted by molar-refractivity contribution is -0.132. The molecule has 0 aliphatic carbocycles. The van der Waals surface area contributed by atoms with E-state index in [1.807, 2.05) is 40.6 Å². The van der Waals surface area contributed by atoms with Gasteiger partial charge in [0.25, 0.3) is 5.91 Å². The van der Waals surface area contributed by atoms with Crippen LogP contribution in [0, 0.1) is 0 Å². The predicted molar refractivity (Wildman–Crippen MR) is 96.4 cm³/mol. The number of hydrogen-bond acceptors (Lipinski definition) is 3. The van der Waals surface area contributed by atoms with Gasteiger partial charge in [0, 0.05) is 24.5 Å². The van der Waals surface area contributed by atoms with E-state index in [0.29, 0.717) is 22.9 Å². The first-order valence-corrected chi connectivity index (χ1v) is 9.28. The molecule has 0 spiro atoms. The quantitative estimate of drug-likeness (QED) is 0.877. The first-order chi connectivity index (χ1) is 11.7. The number of carbonyl (C=O) groups is 2. The Morgan fingerprint density at radius 2 is 2.08 bits per heavy atom. The third-order valence-electron chi connectivity index (χ3n) is 4.21. The Bertz CT molecular complexity index is 718. The van der Waals surface area contributed by atoms with Crippen LogP contribution in [-0.2, 0) is 4.79 Å². The van der Waals surface area contributed by atoms with Crippen LogP contribution in [0.1, 0.15) is 40.5 Å². The van der Waals surface area contributed by atoms with Gasteiger partial charge in [0.1, 0.15) is 0 Å². The summed E-state index contributed by atoms with van der Waals surface area (Å²) in [7, 11) is 0. The first kappa shape index (κ1) is 17.0. The molecule has 2 heterocycles. The highest BCUT2D eigenvalue weighted by molar-refractivity contribution is 7.12. The van der Waals surface area contributed by atoms with Crippen LogP contribution >= 0.6 is 22.9 Å². The molecule has 1 saturated heterocycles. The zero-order chi connectivity index (χ0) is 16.9. The Balaban J connectivity index is 1.56. The Kier molecular flexibility index (Phi) is 5.53. The summed E-state index contributed by atoms with van der Waals surface area (Å²) in [6.45, 7) is 1.09. The predicted octanol–water partition coefficient (Wildman–Crippen LogP) is 3.89. The molecule has 0 radical (unpaired) electrons. The molecule has 1 unspecified atom stereocenters. The highest BCUT2D eigenvalue weighted by Gasteiger charge is 2.30. The molecule has 24 heavy (non-hydrogen) atoms. The van der Waals surface area contributed by atoms with E-state index in [1.54, 1.807) is 6.07 Å².